The van der Waals surface area contributed by atoms with E-state index in [9.17, 15) is 10.1 Å². The fraction of sp³-hybridized carbons (Fsp3) is 0.889. The molecule has 128 valence electrons. The molecule has 0 aromatic carbocycles. The monoisotopic (exact) mass is 319 g/mol. The molecule has 3 fully saturated rings. The van der Waals surface area contributed by atoms with Gasteiger partial charge in [-0.2, -0.15) is 5.26 Å². The highest BCUT2D eigenvalue weighted by Crippen LogP contribution is 2.31. The second-order valence-corrected chi connectivity index (χ2v) is 7.68. The number of hydrogen-bond acceptors (Lipinski definition) is 4. The summed E-state index contributed by atoms with van der Waals surface area (Å²) < 4.78 is 5.46. The Morgan fingerprint density at radius 3 is 2.52 bits per heavy atom. The Bertz CT molecular complexity index is 459. The second-order valence-electron chi connectivity index (χ2n) is 7.68. The first-order chi connectivity index (χ1) is 11.1. The molecule has 3 saturated heterocycles. The summed E-state index contributed by atoms with van der Waals surface area (Å²) in [6.07, 6.45) is 5.97. The molecule has 3 aliphatic heterocycles. The molecule has 23 heavy (non-hydrogen) atoms. The minimum absolute atomic E-state index is 0.151. The normalized spacial score (nSPS) is 29.9. The van der Waals surface area contributed by atoms with Crippen molar-refractivity contribution in [1.29, 1.82) is 5.26 Å². The third-order valence-electron chi connectivity index (χ3n) is 5.96. The van der Waals surface area contributed by atoms with Crippen LogP contribution in [0.4, 0.5) is 0 Å². The number of amides is 1. The van der Waals surface area contributed by atoms with Crippen LogP contribution in [-0.2, 0) is 9.53 Å². The van der Waals surface area contributed by atoms with Crippen LogP contribution < -0.4 is 0 Å². The van der Waals surface area contributed by atoms with Crippen LogP contribution in [0, 0.1) is 22.7 Å². The van der Waals surface area contributed by atoms with Crippen molar-refractivity contribution in [1.82, 2.24) is 9.80 Å². The van der Waals surface area contributed by atoms with Crippen molar-refractivity contribution in [2.24, 2.45) is 11.3 Å². The van der Waals surface area contributed by atoms with Gasteiger partial charge >= 0.3 is 0 Å². The molecule has 0 spiro atoms. The molecule has 1 atom stereocenters. The van der Waals surface area contributed by atoms with Crippen LogP contribution in [0.25, 0.3) is 0 Å². The van der Waals surface area contributed by atoms with Crippen molar-refractivity contribution in [2.75, 3.05) is 39.4 Å². The Morgan fingerprint density at radius 2 is 1.87 bits per heavy atom. The topological polar surface area (TPSA) is 56.6 Å². The molecule has 5 nitrogen and oxygen atoms in total. The average molecular weight is 319 g/mol. The lowest BCUT2D eigenvalue weighted by atomic mass is 9.81. The first-order valence-electron chi connectivity index (χ1n) is 9.13. The molecule has 0 saturated carbocycles. The van der Waals surface area contributed by atoms with Crippen molar-refractivity contribution >= 4 is 5.91 Å². The fourth-order valence-corrected chi connectivity index (χ4v) is 4.18. The van der Waals surface area contributed by atoms with Gasteiger partial charge in [0.2, 0.25) is 5.91 Å². The molecular weight excluding hydrogens is 290 g/mol. The molecule has 0 N–H and O–H groups in total. The van der Waals surface area contributed by atoms with Gasteiger partial charge in [-0.25, -0.2) is 0 Å². The number of piperidine rings is 2. The van der Waals surface area contributed by atoms with Gasteiger partial charge in [-0.1, -0.05) is 0 Å². The summed E-state index contributed by atoms with van der Waals surface area (Å²) in [4.78, 5) is 17.4. The van der Waals surface area contributed by atoms with Crippen molar-refractivity contribution in [3.8, 4) is 6.07 Å². The molecule has 1 amide bonds. The van der Waals surface area contributed by atoms with Crippen LogP contribution in [0.2, 0.25) is 0 Å². The van der Waals surface area contributed by atoms with Crippen LogP contribution in [-0.4, -0.2) is 61.1 Å². The van der Waals surface area contributed by atoms with Gasteiger partial charge < -0.3 is 9.64 Å². The smallest absolute Gasteiger partial charge is 0.226 e. The predicted molar refractivity (Wildman–Crippen MR) is 87.7 cm³/mol. The molecular formula is C18H29N3O2. The molecule has 0 aromatic rings. The Labute approximate surface area is 139 Å². The van der Waals surface area contributed by atoms with E-state index in [1.54, 1.807) is 0 Å². The van der Waals surface area contributed by atoms with Crippen molar-refractivity contribution in [3.05, 3.63) is 0 Å². The third-order valence-corrected chi connectivity index (χ3v) is 5.96. The summed E-state index contributed by atoms with van der Waals surface area (Å²) in [6, 6.07) is 3.01. The summed E-state index contributed by atoms with van der Waals surface area (Å²) in [5, 5.41) is 9.23. The Morgan fingerprint density at radius 1 is 1.17 bits per heavy atom. The van der Waals surface area contributed by atoms with E-state index in [0.717, 1.165) is 77.9 Å². The van der Waals surface area contributed by atoms with Gasteiger partial charge in [-0.15, -0.1) is 0 Å². The van der Waals surface area contributed by atoms with Gasteiger partial charge in [0.05, 0.1) is 17.4 Å². The lowest BCUT2D eigenvalue weighted by Gasteiger charge is -2.42. The second kappa shape index (κ2) is 7.19. The molecule has 0 aromatic heterocycles. The fourth-order valence-electron chi connectivity index (χ4n) is 4.18. The molecule has 0 bridgehead atoms. The Hall–Kier alpha value is -1.12. The maximum Gasteiger partial charge on any atom is 0.226 e. The van der Waals surface area contributed by atoms with Crippen LogP contribution >= 0.6 is 0 Å². The lowest BCUT2D eigenvalue weighted by molar-refractivity contribution is -0.139. The Kier molecular flexibility index (Phi) is 5.23. The number of ether oxygens (including phenoxy) is 1. The van der Waals surface area contributed by atoms with Gasteiger partial charge in [0.25, 0.3) is 0 Å². The predicted octanol–water partition coefficient (Wildman–Crippen LogP) is 2.03. The summed E-state index contributed by atoms with van der Waals surface area (Å²) in [5.41, 5.74) is -0.239. The molecule has 3 rings (SSSR count). The maximum atomic E-state index is 12.9. The molecule has 3 heterocycles. The number of nitrogens with zero attached hydrogens (tertiary/aromatic N) is 3. The third kappa shape index (κ3) is 3.87. The number of rotatable bonds is 2. The average Bonchev–Trinajstić information content (AvgIpc) is 2.63. The van der Waals surface area contributed by atoms with E-state index in [1.165, 1.54) is 0 Å². The summed E-state index contributed by atoms with van der Waals surface area (Å²) in [6.45, 7) is 7.27. The van der Waals surface area contributed by atoms with Crippen molar-refractivity contribution in [3.63, 3.8) is 0 Å². The van der Waals surface area contributed by atoms with Crippen LogP contribution in [0.1, 0.15) is 45.4 Å². The molecule has 5 heteroatoms. The number of likely N-dealkylation sites (tertiary alicyclic amines) is 2. The van der Waals surface area contributed by atoms with E-state index in [0.29, 0.717) is 11.9 Å². The summed E-state index contributed by atoms with van der Waals surface area (Å²) >= 11 is 0. The first kappa shape index (κ1) is 16.7. The highest BCUT2D eigenvalue weighted by atomic mass is 16.5. The van der Waals surface area contributed by atoms with Crippen LogP contribution in [0.15, 0.2) is 0 Å². The lowest BCUT2D eigenvalue weighted by Crippen LogP contribution is -2.51. The number of carbonyl (C=O) groups excluding carboxylic acids is 1. The largest absolute Gasteiger partial charge is 0.381 e. The maximum absolute atomic E-state index is 12.9. The summed E-state index contributed by atoms with van der Waals surface area (Å²) in [5.74, 6) is 0.472. The highest BCUT2D eigenvalue weighted by Gasteiger charge is 2.36. The standard InChI is InChI=1S/C18H29N3O2/c1-18(14-19)6-9-20(10-7-18)17(22)15-3-2-8-21(13-15)16-4-11-23-12-5-16/h15-16H,2-13H2,1H3/t15-/m0/s1. The number of carbonyl (C=O) groups is 1. The quantitative estimate of drug-likeness (QED) is 0.781. The zero-order valence-electron chi connectivity index (χ0n) is 14.3. The zero-order chi connectivity index (χ0) is 16.3. The van der Waals surface area contributed by atoms with Gasteiger partial charge in [0.15, 0.2) is 0 Å². The van der Waals surface area contributed by atoms with Gasteiger partial charge in [-0.05, 0) is 52.0 Å². The van der Waals surface area contributed by atoms with E-state index >= 15 is 0 Å². The number of hydrogen-bond donors (Lipinski definition) is 0. The Balaban J connectivity index is 1.54. The van der Waals surface area contributed by atoms with E-state index in [-0.39, 0.29) is 11.3 Å². The van der Waals surface area contributed by atoms with E-state index in [2.05, 4.69) is 11.0 Å². The first-order valence-corrected chi connectivity index (χ1v) is 9.13. The van der Waals surface area contributed by atoms with Crippen LogP contribution in [0.5, 0.6) is 0 Å². The van der Waals surface area contributed by atoms with Crippen molar-refractivity contribution < 1.29 is 9.53 Å². The van der Waals surface area contributed by atoms with E-state index in [1.807, 2.05) is 11.8 Å². The summed E-state index contributed by atoms with van der Waals surface area (Å²) in [7, 11) is 0. The molecule has 3 aliphatic rings. The minimum atomic E-state index is -0.239. The molecule has 0 aliphatic carbocycles. The molecule has 0 unspecified atom stereocenters. The van der Waals surface area contributed by atoms with Gasteiger partial charge in [0.1, 0.15) is 0 Å². The highest BCUT2D eigenvalue weighted by molar-refractivity contribution is 5.79. The zero-order valence-corrected chi connectivity index (χ0v) is 14.3. The number of nitriles is 1. The molecule has 0 radical (unpaired) electrons. The van der Waals surface area contributed by atoms with E-state index in [4.69, 9.17) is 4.74 Å². The van der Waals surface area contributed by atoms with Gasteiger partial charge in [0, 0.05) is 38.9 Å². The minimum Gasteiger partial charge on any atom is -0.381 e. The SMILES string of the molecule is CC1(C#N)CCN(C(=O)[C@H]2CCCN(C3CCOCC3)C2)CC1. The van der Waals surface area contributed by atoms with Gasteiger partial charge in [-0.3, -0.25) is 9.69 Å². The van der Waals surface area contributed by atoms with Crippen LogP contribution in [0.3, 0.4) is 0 Å². The van der Waals surface area contributed by atoms with E-state index < -0.39 is 0 Å². The van der Waals surface area contributed by atoms with Crippen molar-refractivity contribution in [2.45, 2.75) is 51.5 Å².